The number of hydrogen-bond donors (Lipinski definition) is 1. The number of likely N-dealkylation sites (tertiary alicyclic amines) is 1. The summed E-state index contributed by atoms with van der Waals surface area (Å²) in [6.45, 7) is 3.80. The van der Waals surface area contributed by atoms with E-state index in [0.29, 0.717) is 12.8 Å². The van der Waals surface area contributed by atoms with Crippen LogP contribution in [0.4, 0.5) is 4.79 Å². The van der Waals surface area contributed by atoms with Gasteiger partial charge in [-0.05, 0) is 17.9 Å². The fourth-order valence-electron chi connectivity index (χ4n) is 2.96. The Morgan fingerprint density at radius 2 is 1.96 bits per heavy atom. The van der Waals surface area contributed by atoms with Gasteiger partial charge in [-0.1, -0.05) is 44.2 Å². The first-order valence-electron chi connectivity index (χ1n) is 8.13. The quantitative estimate of drug-likeness (QED) is 0.892. The largest absolute Gasteiger partial charge is 0.453 e. The van der Waals surface area contributed by atoms with Gasteiger partial charge in [0.05, 0.1) is 13.7 Å². The Hall–Kier alpha value is -2.37. The Balaban J connectivity index is 2.14. The zero-order valence-corrected chi connectivity index (χ0v) is 14.3. The van der Waals surface area contributed by atoms with Gasteiger partial charge in [-0.15, -0.1) is 0 Å². The minimum atomic E-state index is -0.707. The van der Waals surface area contributed by atoms with E-state index in [-0.39, 0.29) is 30.2 Å². The molecule has 0 spiro atoms. The molecule has 0 saturated carbocycles. The first-order chi connectivity index (χ1) is 11.4. The van der Waals surface area contributed by atoms with E-state index in [1.54, 1.807) is 4.90 Å². The molecule has 0 aromatic heterocycles. The molecule has 1 aliphatic rings. The van der Waals surface area contributed by atoms with Gasteiger partial charge < -0.3 is 15.0 Å². The second-order valence-corrected chi connectivity index (χ2v) is 6.41. The molecular formula is C18H24N2O4. The van der Waals surface area contributed by atoms with Crippen molar-refractivity contribution in [3.8, 4) is 0 Å². The van der Waals surface area contributed by atoms with Gasteiger partial charge in [0.2, 0.25) is 5.91 Å². The fourth-order valence-corrected chi connectivity index (χ4v) is 2.96. The Morgan fingerprint density at radius 1 is 1.29 bits per heavy atom. The van der Waals surface area contributed by atoms with Crippen LogP contribution < -0.4 is 5.32 Å². The Labute approximate surface area is 142 Å². The van der Waals surface area contributed by atoms with E-state index < -0.39 is 12.1 Å². The lowest BCUT2D eigenvalue weighted by Gasteiger charge is -2.30. The molecule has 0 unspecified atom stereocenters. The third-order valence-electron chi connectivity index (χ3n) is 4.24. The molecular weight excluding hydrogens is 308 g/mol. The van der Waals surface area contributed by atoms with Crippen LogP contribution in [0.2, 0.25) is 0 Å². The van der Waals surface area contributed by atoms with E-state index in [1.807, 2.05) is 44.2 Å². The second-order valence-electron chi connectivity index (χ2n) is 6.41. The molecule has 1 N–H and O–H groups in total. The third kappa shape index (κ3) is 4.34. The first kappa shape index (κ1) is 18.0. The summed E-state index contributed by atoms with van der Waals surface area (Å²) in [5, 5.41) is 2.58. The van der Waals surface area contributed by atoms with Crippen LogP contribution in [0.3, 0.4) is 0 Å². The van der Waals surface area contributed by atoms with Crippen molar-refractivity contribution >= 4 is 17.8 Å². The summed E-state index contributed by atoms with van der Waals surface area (Å²) in [5.74, 6) is -0.295. The molecule has 1 saturated heterocycles. The van der Waals surface area contributed by atoms with Crippen molar-refractivity contribution in [2.24, 2.45) is 5.92 Å². The summed E-state index contributed by atoms with van der Waals surface area (Å²) in [6.07, 6.45) is 0.331. The third-order valence-corrected chi connectivity index (χ3v) is 4.24. The van der Waals surface area contributed by atoms with E-state index >= 15 is 0 Å². The molecule has 1 aromatic carbocycles. The van der Waals surface area contributed by atoms with Gasteiger partial charge >= 0.3 is 6.09 Å². The highest BCUT2D eigenvalue weighted by molar-refractivity contribution is 5.93. The Morgan fingerprint density at radius 3 is 2.54 bits per heavy atom. The highest BCUT2D eigenvalue weighted by Crippen LogP contribution is 2.21. The maximum atomic E-state index is 12.9. The average molecular weight is 332 g/mol. The van der Waals surface area contributed by atoms with Crippen LogP contribution in [0.1, 0.15) is 25.8 Å². The molecule has 2 atom stereocenters. The number of methoxy groups -OCH3 is 1. The van der Waals surface area contributed by atoms with Crippen molar-refractivity contribution in [1.82, 2.24) is 10.2 Å². The molecule has 1 aliphatic heterocycles. The Kier molecular flexibility index (Phi) is 5.95. The van der Waals surface area contributed by atoms with Crippen LogP contribution in [0, 0.1) is 5.92 Å². The van der Waals surface area contributed by atoms with Crippen molar-refractivity contribution in [3.63, 3.8) is 0 Å². The van der Waals surface area contributed by atoms with Gasteiger partial charge in [0.1, 0.15) is 6.04 Å². The van der Waals surface area contributed by atoms with Gasteiger partial charge in [0.25, 0.3) is 0 Å². The molecule has 6 nitrogen and oxygen atoms in total. The number of nitrogens with one attached hydrogen (secondary N) is 1. The molecule has 0 aliphatic carbocycles. The molecule has 1 heterocycles. The summed E-state index contributed by atoms with van der Waals surface area (Å²) >= 11 is 0. The van der Waals surface area contributed by atoms with E-state index in [1.165, 1.54) is 7.11 Å². The predicted octanol–water partition coefficient (Wildman–Crippen LogP) is 1.78. The van der Waals surface area contributed by atoms with Crippen LogP contribution in [0.15, 0.2) is 30.3 Å². The zero-order chi connectivity index (χ0) is 17.7. The topological polar surface area (TPSA) is 75.7 Å². The number of Topliss-reactive ketones (excluding diaryl/α,β-unsaturated/α-hetero) is 1. The number of ketones is 1. The standard InChI is InChI=1S/C18H24N2O4/c1-12(2)16(19-18(23)24-3)17(22)20-11-15(21)10-14(20)9-13-7-5-4-6-8-13/h4-8,12,14,16H,9-11H2,1-3H3,(H,19,23)/t14-,16-/m0/s1. The van der Waals surface area contributed by atoms with E-state index in [9.17, 15) is 14.4 Å². The maximum absolute atomic E-state index is 12.9. The summed E-state index contributed by atoms with van der Waals surface area (Å²) in [6, 6.07) is 8.90. The molecule has 24 heavy (non-hydrogen) atoms. The van der Waals surface area contributed by atoms with Crippen molar-refractivity contribution in [2.75, 3.05) is 13.7 Å². The van der Waals surface area contributed by atoms with Gasteiger partial charge in [-0.25, -0.2) is 4.79 Å². The normalized spacial score (nSPS) is 18.6. The maximum Gasteiger partial charge on any atom is 0.407 e. The number of carbonyl (C=O) groups excluding carboxylic acids is 3. The zero-order valence-electron chi connectivity index (χ0n) is 14.3. The molecule has 6 heteroatoms. The van der Waals surface area contributed by atoms with Gasteiger partial charge in [0.15, 0.2) is 5.78 Å². The molecule has 0 bridgehead atoms. The van der Waals surface area contributed by atoms with Crippen LogP contribution in [0.5, 0.6) is 0 Å². The van der Waals surface area contributed by atoms with Crippen molar-refractivity contribution in [1.29, 1.82) is 0 Å². The van der Waals surface area contributed by atoms with Gasteiger partial charge in [-0.2, -0.15) is 0 Å². The number of benzene rings is 1. The van der Waals surface area contributed by atoms with Crippen LogP contribution in [-0.4, -0.2) is 48.4 Å². The summed E-state index contributed by atoms with van der Waals surface area (Å²) < 4.78 is 4.60. The van der Waals surface area contributed by atoms with Crippen molar-refractivity contribution in [3.05, 3.63) is 35.9 Å². The number of ether oxygens (including phenoxy) is 1. The highest BCUT2D eigenvalue weighted by atomic mass is 16.5. The highest BCUT2D eigenvalue weighted by Gasteiger charge is 2.38. The monoisotopic (exact) mass is 332 g/mol. The average Bonchev–Trinajstić information content (AvgIpc) is 2.92. The number of carbonyl (C=O) groups is 3. The van der Waals surface area contributed by atoms with Gasteiger partial charge in [0, 0.05) is 12.5 Å². The lowest BCUT2D eigenvalue weighted by molar-refractivity contribution is -0.136. The number of hydrogen-bond acceptors (Lipinski definition) is 4. The minimum Gasteiger partial charge on any atom is -0.453 e. The molecule has 1 aromatic rings. The van der Waals surface area contributed by atoms with Gasteiger partial charge in [-0.3, -0.25) is 9.59 Å². The number of rotatable bonds is 5. The van der Waals surface area contributed by atoms with E-state index in [2.05, 4.69) is 10.1 Å². The first-order valence-corrected chi connectivity index (χ1v) is 8.13. The lowest BCUT2D eigenvalue weighted by Crippen LogP contribution is -2.52. The summed E-state index contributed by atoms with van der Waals surface area (Å²) in [4.78, 5) is 37.9. The Bertz CT molecular complexity index is 600. The molecule has 1 fully saturated rings. The summed E-state index contributed by atoms with van der Waals surface area (Å²) in [5.41, 5.74) is 1.08. The van der Waals surface area contributed by atoms with E-state index in [0.717, 1.165) is 5.56 Å². The van der Waals surface area contributed by atoms with Crippen LogP contribution in [-0.2, 0) is 20.7 Å². The van der Waals surface area contributed by atoms with Crippen LogP contribution in [0.25, 0.3) is 0 Å². The predicted molar refractivity (Wildman–Crippen MR) is 89.4 cm³/mol. The number of nitrogens with zero attached hydrogens (tertiary/aromatic N) is 1. The van der Waals surface area contributed by atoms with Crippen molar-refractivity contribution < 1.29 is 19.1 Å². The van der Waals surface area contributed by atoms with E-state index in [4.69, 9.17) is 0 Å². The SMILES string of the molecule is COC(=O)N[C@H](C(=O)N1CC(=O)C[C@@H]1Cc1ccccc1)C(C)C. The fraction of sp³-hybridized carbons (Fsp3) is 0.500. The minimum absolute atomic E-state index is 0.0462. The molecule has 0 radical (unpaired) electrons. The molecule has 2 amide bonds. The summed E-state index contributed by atoms with van der Waals surface area (Å²) in [7, 11) is 1.26. The second kappa shape index (κ2) is 7.95. The number of amides is 2. The molecule has 2 rings (SSSR count). The van der Waals surface area contributed by atoms with Crippen molar-refractivity contribution in [2.45, 2.75) is 38.8 Å². The van der Waals surface area contributed by atoms with Crippen LogP contribution >= 0.6 is 0 Å². The molecule has 130 valence electrons. The lowest BCUT2D eigenvalue weighted by atomic mass is 10.0. The smallest absolute Gasteiger partial charge is 0.407 e. The number of alkyl carbamates (subject to hydrolysis) is 1.